The number of carbonyl (C=O) groups excluding carboxylic acids is 1. The number of hydrogen-bond acceptors (Lipinski definition) is 2. The lowest BCUT2D eigenvalue weighted by molar-refractivity contribution is 0.0968. The Morgan fingerprint density at radius 1 is 1.05 bits per heavy atom. The predicted molar refractivity (Wildman–Crippen MR) is 92.2 cm³/mol. The Hall–Kier alpha value is -1.93. The van der Waals surface area contributed by atoms with Gasteiger partial charge in [0.1, 0.15) is 0 Å². The maximum Gasteiger partial charge on any atom is 0.164 e. The molecule has 0 amide bonds. The van der Waals surface area contributed by atoms with Gasteiger partial charge in [-0.3, -0.25) is 4.79 Å². The molecule has 0 aromatic heterocycles. The molecule has 0 bridgehead atoms. The van der Waals surface area contributed by atoms with Crippen LogP contribution in [0, 0.1) is 6.92 Å². The second-order valence-electron chi connectivity index (χ2n) is 5.76. The number of Topliss-reactive ketones (excluding diaryl/α,β-unsaturated/α-hetero) is 1. The first kappa shape index (κ1) is 16.4. The van der Waals surface area contributed by atoms with Gasteiger partial charge in [-0.05, 0) is 25.5 Å². The summed E-state index contributed by atoms with van der Waals surface area (Å²) in [5, 5.41) is 3.53. The smallest absolute Gasteiger partial charge is 0.164 e. The van der Waals surface area contributed by atoms with Crippen molar-refractivity contribution in [3.8, 4) is 0 Å². The maximum absolute atomic E-state index is 12.5. The van der Waals surface area contributed by atoms with Gasteiger partial charge in [-0.2, -0.15) is 0 Å². The van der Waals surface area contributed by atoms with Gasteiger partial charge in [0.15, 0.2) is 5.78 Å². The lowest BCUT2D eigenvalue weighted by Crippen LogP contribution is -2.25. The van der Waals surface area contributed by atoms with Crippen LogP contribution in [0.15, 0.2) is 54.6 Å². The third-order valence-electron chi connectivity index (χ3n) is 3.89. The van der Waals surface area contributed by atoms with Crippen LogP contribution < -0.4 is 5.32 Å². The summed E-state index contributed by atoms with van der Waals surface area (Å²) in [5.41, 5.74) is 3.15. The highest BCUT2D eigenvalue weighted by atomic mass is 16.1. The van der Waals surface area contributed by atoms with E-state index in [-0.39, 0.29) is 11.8 Å². The van der Waals surface area contributed by atoms with Crippen LogP contribution >= 0.6 is 0 Å². The van der Waals surface area contributed by atoms with Crippen LogP contribution in [-0.4, -0.2) is 12.3 Å². The van der Waals surface area contributed by atoms with Crippen LogP contribution in [-0.2, 0) is 0 Å². The first-order chi connectivity index (χ1) is 10.7. The van der Waals surface area contributed by atoms with Crippen molar-refractivity contribution in [2.24, 2.45) is 0 Å². The number of aryl methyl sites for hydroxylation is 1. The van der Waals surface area contributed by atoms with E-state index >= 15 is 0 Å². The van der Waals surface area contributed by atoms with Crippen molar-refractivity contribution in [2.75, 3.05) is 6.54 Å². The lowest BCUT2D eigenvalue weighted by Gasteiger charge is -2.18. The highest BCUT2D eigenvalue weighted by Gasteiger charge is 2.16. The van der Waals surface area contributed by atoms with Gasteiger partial charge in [0.2, 0.25) is 0 Å². The molecule has 1 unspecified atom stereocenters. The zero-order chi connectivity index (χ0) is 15.8. The van der Waals surface area contributed by atoms with Crippen molar-refractivity contribution in [1.82, 2.24) is 5.32 Å². The van der Waals surface area contributed by atoms with Crippen LogP contribution in [0.25, 0.3) is 0 Å². The second kappa shape index (κ2) is 8.50. The number of unbranched alkanes of at least 4 members (excludes halogenated alkanes) is 1. The number of ketones is 1. The summed E-state index contributed by atoms with van der Waals surface area (Å²) < 4.78 is 0. The molecule has 0 heterocycles. The standard InChI is InChI=1S/C20H25NO/c1-3-4-14-21-19(17-8-6-5-7-9-17)15-20(22)18-12-10-16(2)11-13-18/h5-13,19,21H,3-4,14-15H2,1-2H3. The Labute approximate surface area is 133 Å². The first-order valence-corrected chi connectivity index (χ1v) is 8.09. The van der Waals surface area contributed by atoms with E-state index in [1.807, 2.05) is 49.4 Å². The van der Waals surface area contributed by atoms with Crippen LogP contribution in [0.4, 0.5) is 0 Å². The van der Waals surface area contributed by atoms with Gasteiger partial charge in [0, 0.05) is 18.0 Å². The van der Waals surface area contributed by atoms with Crippen LogP contribution in [0.1, 0.15) is 53.7 Å². The highest BCUT2D eigenvalue weighted by molar-refractivity contribution is 5.96. The fourth-order valence-electron chi connectivity index (χ4n) is 2.49. The average molecular weight is 295 g/mol. The summed E-state index contributed by atoms with van der Waals surface area (Å²) in [7, 11) is 0. The number of nitrogens with one attached hydrogen (secondary N) is 1. The molecule has 0 spiro atoms. The van der Waals surface area contributed by atoms with E-state index in [0.29, 0.717) is 6.42 Å². The largest absolute Gasteiger partial charge is 0.310 e. The molecule has 2 nitrogen and oxygen atoms in total. The number of rotatable bonds is 8. The SMILES string of the molecule is CCCCNC(CC(=O)c1ccc(C)cc1)c1ccccc1. The fraction of sp³-hybridized carbons (Fsp3) is 0.350. The van der Waals surface area contributed by atoms with Gasteiger partial charge in [0.05, 0.1) is 0 Å². The molecule has 0 aliphatic carbocycles. The summed E-state index contributed by atoms with van der Waals surface area (Å²) in [6.45, 7) is 5.15. The van der Waals surface area contributed by atoms with Crippen molar-refractivity contribution in [2.45, 2.75) is 39.2 Å². The molecule has 1 atom stereocenters. The van der Waals surface area contributed by atoms with Crippen LogP contribution in [0.2, 0.25) is 0 Å². The molecule has 2 aromatic rings. The number of benzene rings is 2. The molecule has 22 heavy (non-hydrogen) atoms. The summed E-state index contributed by atoms with van der Waals surface area (Å²) in [4.78, 5) is 12.5. The van der Waals surface area contributed by atoms with Crippen LogP contribution in [0.3, 0.4) is 0 Å². The summed E-state index contributed by atoms with van der Waals surface area (Å²) in [6.07, 6.45) is 2.78. The molecule has 2 aromatic carbocycles. The summed E-state index contributed by atoms with van der Waals surface area (Å²) >= 11 is 0. The maximum atomic E-state index is 12.5. The van der Waals surface area contributed by atoms with Gasteiger partial charge in [-0.15, -0.1) is 0 Å². The third-order valence-corrected chi connectivity index (χ3v) is 3.89. The van der Waals surface area contributed by atoms with Crippen LogP contribution in [0.5, 0.6) is 0 Å². The van der Waals surface area contributed by atoms with Crippen molar-refractivity contribution in [1.29, 1.82) is 0 Å². The third kappa shape index (κ3) is 4.81. The normalized spacial score (nSPS) is 12.1. The van der Waals surface area contributed by atoms with Crippen molar-refractivity contribution in [3.63, 3.8) is 0 Å². The highest BCUT2D eigenvalue weighted by Crippen LogP contribution is 2.19. The van der Waals surface area contributed by atoms with Gasteiger partial charge in [-0.1, -0.05) is 73.5 Å². The molecule has 2 rings (SSSR count). The van der Waals surface area contributed by atoms with Gasteiger partial charge in [-0.25, -0.2) is 0 Å². The summed E-state index contributed by atoms with van der Waals surface area (Å²) in [6, 6.07) is 18.2. The number of carbonyl (C=O) groups is 1. The Kier molecular flexibility index (Phi) is 6.35. The first-order valence-electron chi connectivity index (χ1n) is 8.09. The average Bonchev–Trinajstić information content (AvgIpc) is 2.55. The van der Waals surface area contributed by atoms with Crippen molar-refractivity contribution >= 4 is 5.78 Å². The van der Waals surface area contributed by atoms with E-state index in [4.69, 9.17) is 0 Å². The van der Waals surface area contributed by atoms with Crippen molar-refractivity contribution in [3.05, 3.63) is 71.3 Å². The van der Waals surface area contributed by atoms with E-state index < -0.39 is 0 Å². The van der Waals surface area contributed by atoms with Gasteiger partial charge < -0.3 is 5.32 Å². The molecule has 0 fully saturated rings. The quantitative estimate of drug-likeness (QED) is 0.565. The number of hydrogen-bond donors (Lipinski definition) is 1. The molecular formula is C20H25NO. The second-order valence-corrected chi connectivity index (χ2v) is 5.76. The van der Waals surface area contributed by atoms with E-state index in [1.54, 1.807) is 0 Å². The molecule has 1 N–H and O–H groups in total. The van der Waals surface area contributed by atoms with Gasteiger partial charge >= 0.3 is 0 Å². The Bertz CT molecular complexity index is 574. The minimum absolute atomic E-state index is 0.0848. The molecule has 0 aliphatic heterocycles. The predicted octanol–water partition coefficient (Wildman–Crippen LogP) is 4.70. The molecular weight excluding hydrogens is 270 g/mol. The Balaban J connectivity index is 2.08. The zero-order valence-electron chi connectivity index (χ0n) is 13.5. The van der Waals surface area contributed by atoms with E-state index in [1.165, 1.54) is 11.1 Å². The molecule has 0 saturated carbocycles. The van der Waals surface area contributed by atoms with E-state index in [9.17, 15) is 4.79 Å². The molecule has 0 radical (unpaired) electrons. The minimum Gasteiger partial charge on any atom is -0.310 e. The minimum atomic E-state index is 0.0848. The topological polar surface area (TPSA) is 29.1 Å². The fourth-order valence-corrected chi connectivity index (χ4v) is 2.49. The summed E-state index contributed by atoms with van der Waals surface area (Å²) in [5.74, 6) is 0.192. The molecule has 116 valence electrons. The lowest BCUT2D eigenvalue weighted by atomic mass is 9.97. The Morgan fingerprint density at radius 2 is 1.73 bits per heavy atom. The van der Waals surface area contributed by atoms with Crippen molar-refractivity contribution < 1.29 is 4.79 Å². The Morgan fingerprint density at radius 3 is 2.36 bits per heavy atom. The molecule has 0 aliphatic rings. The van der Waals surface area contributed by atoms with Gasteiger partial charge in [0.25, 0.3) is 0 Å². The van der Waals surface area contributed by atoms with E-state index in [2.05, 4.69) is 24.4 Å². The monoisotopic (exact) mass is 295 g/mol. The zero-order valence-corrected chi connectivity index (χ0v) is 13.5. The molecule has 2 heteroatoms. The van der Waals surface area contributed by atoms with E-state index in [0.717, 1.165) is 24.9 Å². The molecule has 0 saturated heterocycles.